The van der Waals surface area contributed by atoms with Gasteiger partial charge in [0.2, 0.25) is 0 Å². The first-order chi connectivity index (χ1) is 9.67. The van der Waals surface area contributed by atoms with Crippen molar-refractivity contribution in [2.45, 2.75) is 25.4 Å². The number of benzene rings is 1. The van der Waals surface area contributed by atoms with Gasteiger partial charge in [0, 0.05) is 19.1 Å². The fourth-order valence-electron chi connectivity index (χ4n) is 2.66. The predicted octanol–water partition coefficient (Wildman–Crippen LogP) is 2.54. The van der Waals surface area contributed by atoms with Gasteiger partial charge in [-0.25, -0.2) is 0 Å². The molecule has 4 nitrogen and oxygen atoms in total. The first kappa shape index (κ1) is 15.4. The van der Waals surface area contributed by atoms with Crippen molar-refractivity contribution in [3.05, 3.63) is 22.7 Å². The minimum Gasteiger partial charge on any atom is -0.493 e. The SMILES string of the molecule is COc1ccc(CN(C)C2CCCNC2)c(Cl)c1OC. The van der Waals surface area contributed by atoms with Crippen molar-refractivity contribution in [2.24, 2.45) is 0 Å². The molecule has 1 aliphatic heterocycles. The Bertz CT molecular complexity index is 448. The Morgan fingerprint density at radius 1 is 1.35 bits per heavy atom. The number of ether oxygens (including phenoxy) is 2. The maximum Gasteiger partial charge on any atom is 0.179 e. The van der Waals surface area contributed by atoms with Gasteiger partial charge in [-0.3, -0.25) is 4.90 Å². The fourth-order valence-corrected chi connectivity index (χ4v) is 2.95. The Balaban J connectivity index is 2.12. The predicted molar refractivity (Wildman–Crippen MR) is 81.9 cm³/mol. The number of methoxy groups -OCH3 is 2. The van der Waals surface area contributed by atoms with Gasteiger partial charge in [-0.2, -0.15) is 0 Å². The Kier molecular flexibility index (Phi) is 5.52. The second kappa shape index (κ2) is 7.16. The fraction of sp³-hybridized carbons (Fsp3) is 0.600. The van der Waals surface area contributed by atoms with E-state index in [9.17, 15) is 0 Å². The van der Waals surface area contributed by atoms with Crippen LogP contribution in [0.25, 0.3) is 0 Å². The van der Waals surface area contributed by atoms with E-state index in [4.69, 9.17) is 21.1 Å². The van der Waals surface area contributed by atoms with Crippen LogP contribution in [0.3, 0.4) is 0 Å². The molecule has 1 fully saturated rings. The summed E-state index contributed by atoms with van der Waals surface area (Å²) in [5.41, 5.74) is 1.07. The minimum absolute atomic E-state index is 0.563. The highest BCUT2D eigenvalue weighted by atomic mass is 35.5. The van der Waals surface area contributed by atoms with Crippen LogP contribution in [0.4, 0.5) is 0 Å². The van der Waals surface area contributed by atoms with Crippen LogP contribution in [0.5, 0.6) is 11.5 Å². The van der Waals surface area contributed by atoms with Gasteiger partial charge in [-0.15, -0.1) is 0 Å². The Morgan fingerprint density at radius 2 is 2.15 bits per heavy atom. The molecule has 0 aliphatic carbocycles. The number of piperidine rings is 1. The second-order valence-electron chi connectivity index (χ2n) is 5.19. The number of halogens is 1. The third kappa shape index (κ3) is 3.37. The van der Waals surface area contributed by atoms with Crippen LogP contribution >= 0.6 is 11.6 Å². The summed E-state index contributed by atoms with van der Waals surface area (Å²) < 4.78 is 10.6. The van der Waals surface area contributed by atoms with Crippen molar-refractivity contribution >= 4 is 11.6 Å². The number of hydrogen-bond donors (Lipinski definition) is 1. The number of hydrogen-bond acceptors (Lipinski definition) is 4. The van der Waals surface area contributed by atoms with Crippen molar-refractivity contribution in [1.82, 2.24) is 10.2 Å². The molecule has 0 spiro atoms. The maximum atomic E-state index is 6.43. The summed E-state index contributed by atoms with van der Waals surface area (Å²) in [5, 5.41) is 4.08. The van der Waals surface area contributed by atoms with Crippen LogP contribution in [0.2, 0.25) is 5.02 Å². The van der Waals surface area contributed by atoms with Gasteiger partial charge in [-0.1, -0.05) is 17.7 Å². The lowest BCUT2D eigenvalue weighted by molar-refractivity contribution is 0.195. The first-order valence-electron chi connectivity index (χ1n) is 6.97. The Hall–Kier alpha value is -0.970. The van der Waals surface area contributed by atoms with Crippen molar-refractivity contribution in [1.29, 1.82) is 0 Å². The summed E-state index contributed by atoms with van der Waals surface area (Å²) in [4.78, 5) is 2.35. The maximum absolute atomic E-state index is 6.43. The molecular formula is C15H23ClN2O2. The van der Waals surface area contributed by atoms with E-state index < -0.39 is 0 Å². The first-order valence-corrected chi connectivity index (χ1v) is 7.35. The second-order valence-corrected chi connectivity index (χ2v) is 5.57. The number of rotatable bonds is 5. The molecule has 0 saturated carbocycles. The van der Waals surface area contributed by atoms with Crippen LogP contribution in [0, 0.1) is 0 Å². The number of likely N-dealkylation sites (N-methyl/N-ethyl adjacent to an activating group) is 1. The lowest BCUT2D eigenvalue weighted by Crippen LogP contribution is -2.43. The number of nitrogens with zero attached hydrogens (tertiary/aromatic N) is 1. The lowest BCUT2D eigenvalue weighted by atomic mass is 10.1. The Labute approximate surface area is 126 Å². The summed E-state index contributed by atoms with van der Waals surface area (Å²) in [5.74, 6) is 1.28. The largest absolute Gasteiger partial charge is 0.493 e. The molecule has 0 bridgehead atoms. The molecule has 20 heavy (non-hydrogen) atoms. The zero-order chi connectivity index (χ0) is 14.5. The molecule has 112 valence electrons. The van der Waals surface area contributed by atoms with Gasteiger partial charge in [-0.05, 0) is 38.1 Å². The zero-order valence-electron chi connectivity index (χ0n) is 12.4. The van der Waals surface area contributed by atoms with E-state index in [0.717, 1.165) is 25.2 Å². The molecule has 1 atom stereocenters. The van der Waals surface area contributed by atoms with Crippen LogP contribution in [0.15, 0.2) is 12.1 Å². The van der Waals surface area contributed by atoms with E-state index in [1.807, 2.05) is 12.1 Å². The molecule has 1 aromatic carbocycles. The van der Waals surface area contributed by atoms with E-state index in [-0.39, 0.29) is 0 Å². The molecule has 1 saturated heterocycles. The molecule has 1 N–H and O–H groups in total. The summed E-state index contributed by atoms with van der Waals surface area (Å²) in [7, 11) is 5.38. The molecule has 0 aromatic heterocycles. The van der Waals surface area contributed by atoms with E-state index in [0.29, 0.717) is 22.6 Å². The summed E-state index contributed by atoms with van der Waals surface area (Å²) in [6.45, 7) is 2.98. The van der Waals surface area contributed by atoms with Crippen LogP contribution in [-0.4, -0.2) is 45.3 Å². The molecule has 0 radical (unpaired) electrons. The molecule has 0 amide bonds. The van der Waals surface area contributed by atoms with Crippen molar-refractivity contribution < 1.29 is 9.47 Å². The summed E-state index contributed by atoms with van der Waals surface area (Å²) in [6.07, 6.45) is 2.46. The summed E-state index contributed by atoms with van der Waals surface area (Å²) >= 11 is 6.43. The monoisotopic (exact) mass is 298 g/mol. The number of nitrogens with one attached hydrogen (secondary N) is 1. The highest BCUT2D eigenvalue weighted by Crippen LogP contribution is 2.37. The van der Waals surface area contributed by atoms with Crippen LogP contribution in [-0.2, 0) is 6.54 Å². The standard InChI is InChI=1S/C15H23ClN2O2/c1-18(12-5-4-8-17-9-12)10-11-6-7-13(19-2)15(20-3)14(11)16/h6-7,12,17H,4-5,8-10H2,1-3H3. The average Bonchev–Trinajstić information content (AvgIpc) is 2.49. The average molecular weight is 299 g/mol. The smallest absolute Gasteiger partial charge is 0.179 e. The van der Waals surface area contributed by atoms with Crippen molar-refractivity contribution in [2.75, 3.05) is 34.4 Å². The van der Waals surface area contributed by atoms with Gasteiger partial charge in [0.25, 0.3) is 0 Å². The summed E-state index contributed by atoms with van der Waals surface area (Å²) in [6, 6.07) is 4.48. The van der Waals surface area contributed by atoms with E-state index >= 15 is 0 Å². The lowest BCUT2D eigenvalue weighted by Gasteiger charge is -2.32. The van der Waals surface area contributed by atoms with Crippen LogP contribution < -0.4 is 14.8 Å². The van der Waals surface area contributed by atoms with E-state index in [1.54, 1.807) is 14.2 Å². The van der Waals surface area contributed by atoms with E-state index in [2.05, 4.69) is 17.3 Å². The van der Waals surface area contributed by atoms with Crippen LogP contribution in [0.1, 0.15) is 18.4 Å². The van der Waals surface area contributed by atoms with Crippen molar-refractivity contribution in [3.63, 3.8) is 0 Å². The molecule has 1 aliphatic rings. The molecule has 2 rings (SSSR count). The quantitative estimate of drug-likeness (QED) is 0.906. The van der Waals surface area contributed by atoms with Gasteiger partial charge in [0.1, 0.15) is 0 Å². The molecule has 5 heteroatoms. The van der Waals surface area contributed by atoms with Gasteiger partial charge >= 0.3 is 0 Å². The molecule has 1 heterocycles. The van der Waals surface area contributed by atoms with Gasteiger partial charge < -0.3 is 14.8 Å². The van der Waals surface area contributed by atoms with Gasteiger partial charge in [0.15, 0.2) is 11.5 Å². The topological polar surface area (TPSA) is 33.7 Å². The molecule has 1 aromatic rings. The van der Waals surface area contributed by atoms with E-state index in [1.165, 1.54) is 12.8 Å². The van der Waals surface area contributed by atoms with Crippen molar-refractivity contribution in [3.8, 4) is 11.5 Å². The third-order valence-electron chi connectivity index (χ3n) is 3.88. The highest BCUT2D eigenvalue weighted by molar-refractivity contribution is 6.33. The molecule has 1 unspecified atom stereocenters. The molecular weight excluding hydrogens is 276 g/mol. The van der Waals surface area contributed by atoms with Gasteiger partial charge in [0.05, 0.1) is 19.2 Å². The normalized spacial score (nSPS) is 19.1. The minimum atomic E-state index is 0.563. The highest BCUT2D eigenvalue weighted by Gasteiger charge is 2.20. The zero-order valence-corrected chi connectivity index (χ0v) is 13.2. The Morgan fingerprint density at radius 3 is 2.75 bits per heavy atom. The third-order valence-corrected chi connectivity index (χ3v) is 4.29.